The Morgan fingerprint density at radius 1 is 1.50 bits per heavy atom. The summed E-state index contributed by atoms with van der Waals surface area (Å²) in [6.45, 7) is 0. The van der Waals surface area contributed by atoms with Crippen molar-refractivity contribution in [3.8, 4) is 6.07 Å². The van der Waals surface area contributed by atoms with Gasteiger partial charge in [0.25, 0.3) is 0 Å². The zero-order chi connectivity index (χ0) is 13.3. The number of carbonyl (C=O) groups excluding carboxylic acids is 1. The van der Waals surface area contributed by atoms with Crippen LogP contribution in [0.1, 0.15) is 10.4 Å². The van der Waals surface area contributed by atoms with Gasteiger partial charge < -0.3 is 0 Å². The van der Waals surface area contributed by atoms with E-state index < -0.39 is 20.9 Å². The van der Waals surface area contributed by atoms with E-state index >= 15 is 0 Å². The summed E-state index contributed by atoms with van der Waals surface area (Å²) >= 11 is 0. The Hall–Kier alpha value is -2.20. The van der Waals surface area contributed by atoms with Crippen LogP contribution in [0.5, 0.6) is 0 Å². The second kappa shape index (κ2) is 4.23. The van der Waals surface area contributed by atoms with Gasteiger partial charge in [0.1, 0.15) is 0 Å². The quantitative estimate of drug-likeness (QED) is 0.750. The van der Waals surface area contributed by atoms with Crippen LogP contribution in [0, 0.1) is 11.3 Å². The van der Waals surface area contributed by atoms with Crippen LogP contribution in [0.15, 0.2) is 30.6 Å². The average Bonchev–Trinajstić information content (AvgIpc) is 2.71. The standard InChI is InChI=1S/C11H9N3O3S/c1-18(16,17)10(6-12)11(15)8-7-13-14-5-3-2-4-9(8)14/h2-5,7,10H,1H3. The van der Waals surface area contributed by atoms with Gasteiger partial charge in [0.2, 0.25) is 5.25 Å². The van der Waals surface area contributed by atoms with Gasteiger partial charge in [-0.3, -0.25) is 4.79 Å². The summed E-state index contributed by atoms with van der Waals surface area (Å²) in [7, 11) is -3.76. The van der Waals surface area contributed by atoms with Crippen molar-refractivity contribution in [3.63, 3.8) is 0 Å². The van der Waals surface area contributed by atoms with E-state index in [-0.39, 0.29) is 5.56 Å². The first-order chi connectivity index (χ1) is 8.45. The van der Waals surface area contributed by atoms with Crippen LogP contribution in [0.4, 0.5) is 0 Å². The van der Waals surface area contributed by atoms with Gasteiger partial charge in [-0.2, -0.15) is 10.4 Å². The Morgan fingerprint density at radius 3 is 2.83 bits per heavy atom. The van der Waals surface area contributed by atoms with Gasteiger partial charge >= 0.3 is 0 Å². The minimum Gasteiger partial charge on any atom is -0.291 e. The summed E-state index contributed by atoms with van der Waals surface area (Å²) in [5, 5.41) is 11.1. The molecule has 6 nitrogen and oxygen atoms in total. The molecule has 0 spiro atoms. The van der Waals surface area contributed by atoms with E-state index in [0.29, 0.717) is 5.52 Å². The maximum Gasteiger partial charge on any atom is 0.210 e. The normalized spacial score (nSPS) is 13.1. The molecule has 0 saturated heterocycles. The van der Waals surface area contributed by atoms with Crippen molar-refractivity contribution in [3.05, 3.63) is 36.2 Å². The molecular formula is C11H9N3O3S. The van der Waals surface area contributed by atoms with Crippen molar-refractivity contribution in [1.29, 1.82) is 5.26 Å². The first kappa shape index (κ1) is 12.3. The SMILES string of the molecule is CS(=O)(=O)C(C#N)C(=O)c1cnn2ccccc12. The highest BCUT2D eigenvalue weighted by atomic mass is 32.2. The predicted molar refractivity (Wildman–Crippen MR) is 63.8 cm³/mol. The molecule has 0 aliphatic rings. The molecule has 0 aliphatic carbocycles. The van der Waals surface area contributed by atoms with E-state index in [4.69, 9.17) is 5.26 Å². The maximum absolute atomic E-state index is 12.0. The van der Waals surface area contributed by atoms with E-state index in [1.54, 1.807) is 24.4 Å². The fourth-order valence-electron chi connectivity index (χ4n) is 1.61. The van der Waals surface area contributed by atoms with Crippen LogP contribution in [-0.2, 0) is 9.84 Å². The van der Waals surface area contributed by atoms with E-state index in [0.717, 1.165) is 6.26 Å². The van der Waals surface area contributed by atoms with Gasteiger partial charge in [-0.25, -0.2) is 12.9 Å². The third-order valence-corrected chi connectivity index (χ3v) is 3.65. The second-order valence-corrected chi connectivity index (χ2v) is 5.92. The largest absolute Gasteiger partial charge is 0.291 e. The predicted octanol–water partition coefficient (Wildman–Crippen LogP) is 0.454. The van der Waals surface area contributed by atoms with Gasteiger partial charge in [-0.05, 0) is 12.1 Å². The lowest BCUT2D eigenvalue weighted by molar-refractivity contribution is 0.100. The summed E-state index contributed by atoms with van der Waals surface area (Å²) < 4.78 is 24.2. The fourth-order valence-corrected chi connectivity index (χ4v) is 2.32. The Balaban J connectivity index is 2.56. The number of pyridine rings is 1. The second-order valence-electron chi connectivity index (χ2n) is 3.79. The summed E-state index contributed by atoms with van der Waals surface area (Å²) in [6, 6.07) is 6.59. The first-order valence-corrected chi connectivity index (χ1v) is 6.95. The number of nitrogens with zero attached hydrogens (tertiary/aromatic N) is 3. The molecule has 0 bridgehead atoms. The molecule has 1 unspecified atom stereocenters. The van der Waals surface area contributed by atoms with E-state index in [1.165, 1.54) is 16.8 Å². The lowest BCUT2D eigenvalue weighted by atomic mass is 10.1. The van der Waals surface area contributed by atoms with Crippen molar-refractivity contribution in [1.82, 2.24) is 9.61 Å². The molecule has 2 heterocycles. The first-order valence-electron chi connectivity index (χ1n) is 5.00. The number of Topliss-reactive ketones (excluding diaryl/α,β-unsaturated/α-hetero) is 1. The minimum atomic E-state index is -3.76. The highest BCUT2D eigenvalue weighted by molar-refractivity contribution is 7.92. The van der Waals surface area contributed by atoms with Crippen LogP contribution in [0.3, 0.4) is 0 Å². The van der Waals surface area contributed by atoms with E-state index in [9.17, 15) is 13.2 Å². The Kier molecular flexibility index (Phi) is 2.88. The number of sulfone groups is 1. The number of hydrogen-bond acceptors (Lipinski definition) is 5. The Morgan fingerprint density at radius 2 is 2.22 bits per heavy atom. The third-order valence-electron chi connectivity index (χ3n) is 2.48. The highest BCUT2D eigenvalue weighted by Crippen LogP contribution is 2.15. The smallest absolute Gasteiger partial charge is 0.210 e. The van der Waals surface area contributed by atoms with Crippen LogP contribution in [0.25, 0.3) is 5.52 Å². The van der Waals surface area contributed by atoms with E-state index in [1.807, 2.05) is 0 Å². The van der Waals surface area contributed by atoms with Gasteiger partial charge in [0.05, 0.1) is 23.3 Å². The van der Waals surface area contributed by atoms with Gasteiger partial charge in [0.15, 0.2) is 15.6 Å². The minimum absolute atomic E-state index is 0.132. The summed E-state index contributed by atoms with van der Waals surface area (Å²) in [4.78, 5) is 12.0. The Bertz CT molecular complexity index is 755. The summed E-state index contributed by atoms with van der Waals surface area (Å²) in [5.41, 5.74) is 0.610. The van der Waals surface area contributed by atoms with Crippen molar-refractivity contribution in [2.75, 3.05) is 6.26 Å². The molecule has 0 saturated carbocycles. The Labute approximate surface area is 103 Å². The zero-order valence-electron chi connectivity index (χ0n) is 9.44. The molecule has 7 heteroatoms. The van der Waals surface area contributed by atoms with Crippen LogP contribution in [0.2, 0.25) is 0 Å². The molecule has 2 aromatic heterocycles. The number of carbonyl (C=O) groups is 1. The zero-order valence-corrected chi connectivity index (χ0v) is 10.3. The topological polar surface area (TPSA) is 92.3 Å². The molecule has 0 aliphatic heterocycles. The molecule has 0 fully saturated rings. The van der Waals surface area contributed by atoms with Crippen molar-refractivity contribution < 1.29 is 13.2 Å². The number of aromatic nitrogens is 2. The number of hydrogen-bond donors (Lipinski definition) is 0. The summed E-state index contributed by atoms with van der Waals surface area (Å²) in [6.07, 6.45) is 3.77. The maximum atomic E-state index is 12.0. The molecular weight excluding hydrogens is 254 g/mol. The summed E-state index contributed by atoms with van der Waals surface area (Å²) in [5.74, 6) is -0.749. The van der Waals surface area contributed by atoms with Gasteiger partial charge in [0, 0.05) is 12.5 Å². The van der Waals surface area contributed by atoms with Crippen LogP contribution >= 0.6 is 0 Å². The van der Waals surface area contributed by atoms with Gasteiger partial charge in [-0.15, -0.1) is 0 Å². The number of nitriles is 1. The van der Waals surface area contributed by atoms with Crippen molar-refractivity contribution >= 4 is 21.1 Å². The number of rotatable bonds is 3. The lowest BCUT2D eigenvalue weighted by Gasteiger charge is -2.04. The third kappa shape index (κ3) is 1.98. The van der Waals surface area contributed by atoms with Crippen LogP contribution in [-0.4, -0.2) is 35.3 Å². The van der Waals surface area contributed by atoms with E-state index in [2.05, 4.69) is 5.10 Å². The molecule has 0 amide bonds. The van der Waals surface area contributed by atoms with Crippen molar-refractivity contribution in [2.45, 2.75) is 5.25 Å². The van der Waals surface area contributed by atoms with Crippen LogP contribution < -0.4 is 0 Å². The number of ketones is 1. The highest BCUT2D eigenvalue weighted by Gasteiger charge is 2.31. The fraction of sp³-hybridized carbons (Fsp3) is 0.182. The number of fused-ring (bicyclic) bond motifs is 1. The monoisotopic (exact) mass is 263 g/mol. The molecule has 0 N–H and O–H groups in total. The molecule has 0 radical (unpaired) electrons. The lowest BCUT2D eigenvalue weighted by Crippen LogP contribution is -2.27. The van der Waals surface area contributed by atoms with Gasteiger partial charge in [-0.1, -0.05) is 6.07 Å². The molecule has 1 atom stereocenters. The molecule has 92 valence electrons. The molecule has 2 rings (SSSR count). The molecule has 0 aromatic carbocycles. The molecule has 18 heavy (non-hydrogen) atoms. The average molecular weight is 263 g/mol. The molecule has 2 aromatic rings. The van der Waals surface area contributed by atoms with Crippen molar-refractivity contribution in [2.24, 2.45) is 0 Å².